The summed E-state index contributed by atoms with van der Waals surface area (Å²) in [6, 6.07) is 9.03. The van der Waals surface area contributed by atoms with Crippen molar-refractivity contribution in [3.63, 3.8) is 0 Å². The second kappa shape index (κ2) is 4.72. The molecule has 1 aromatic carbocycles. The smallest absolute Gasteiger partial charge is 0.189 e. The first kappa shape index (κ1) is 11.9. The molecule has 0 fully saturated rings. The summed E-state index contributed by atoms with van der Waals surface area (Å²) >= 11 is 0. The number of rotatable bonds is 3. The molecule has 0 saturated carbocycles. The molecule has 0 aliphatic carbocycles. The van der Waals surface area contributed by atoms with Gasteiger partial charge < -0.3 is 9.67 Å². The van der Waals surface area contributed by atoms with Crippen LogP contribution in [0.2, 0.25) is 0 Å². The van der Waals surface area contributed by atoms with Gasteiger partial charge in [-0.15, -0.1) is 0 Å². The zero-order chi connectivity index (χ0) is 12.4. The third-order valence-electron chi connectivity index (χ3n) is 3.04. The number of pyridine rings is 1. The van der Waals surface area contributed by atoms with Gasteiger partial charge in [-0.3, -0.25) is 4.79 Å². The van der Waals surface area contributed by atoms with E-state index in [1.807, 2.05) is 42.7 Å². The number of hydrogen-bond donors (Lipinski definition) is 1. The monoisotopic (exact) mass is 231 g/mol. The Morgan fingerprint density at radius 3 is 2.65 bits per heavy atom. The molecule has 0 aliphatic heterocycles. The number of fused-ring (bicyclic) bond motifs is 1. The fraction of sp³-hybridized carbons (Fsp3) is 0.357. The maximum atomic E-state index is 11.7. The Kier molecular flexibility index (Phi) is 3.29. The molecule has 2 aromatic rings. The van der Waals surface area contributed by atoms with E-state index >= 15 is 0 Å². The average molecular weight is 231 g/mol. The zero-order valence-electron chi connectivity index (χ0n) is 10.1. The number of hydrogen-bond acceptors (Lipinski definition) is 2. The number of aliphatic hydroxyl groups is 1. The molecule has 0 amide bonds. The Morgan fingerprint density at radius 1 is 1.24 bits per heavy atom. The summed E-state index contributed by atoms with van der Waals surface area (Å²) in [5.41, 5.74) is 0.899. The molecular formula is C14H17NO2. The van der Waals surface area contributed by atoms with Crippen LogP contribution in [0.15, 0.2) is 41.3 Å². The molecule has 3 nitrogen and oxygen atoms in total. The van der Waals surface area contributed by atoms with E-state index in [9.17, 15) is 9.90 Å². The summed E-state index contributed by atoms with van der Waals surface area (Å²) in [7, 11) is 0. The minimum atomic E-state index is -0.402. The molecule has 1 atom stereocenters. The average Bonchev–Trinajstić information content (AvgIpc) is 2.33. The number of para-hydroxylation sites is 1. The molecule has 90 valence electrons. The van der Waals surface area contributed by atoms with Gasteiger partial charge in [0.25, 0.3) is 0 Å². The van der Waals surface area contributed by atoms with Crippen molar-refractivity contribution in [3.8, 4) is 0 Å². The first-order chi connectivity index (χ1) is 8.09. The topological polar surface area (TPSA) is 42.2 Å². The number of benzene rings is 1. The van der Waals surface area contributed by atoms with Gasteiger partial charge in [-0.25, -0.2) is 0 Å². The second-order valence-corrected chi connectivity index (χ2v) is 4.66. The quantitative estimate of drug-likeness (QED) is 0.878. The van der Waals surface area contributed by atoms with Crippen molar-refractivity contribution < 1.29 is 5.11 Å². The van der Waals surface area contributed by atoms with Crippen LogP contribution in [0.4, 0.5) is 0 Å². The summed E-state index contributed by atoms with van der Waals surface area (Å²) in [6.07, 6.45) is 1.34. The van der Waals surface area contributed by atoms with Gasteiger partial charge in [0.1, 0.15) is 0 Å². The van der Waals surface area contributed by atoms with Gasteiger partial charge in [0, 0.05) is 24.2 Å². The molecule has 17 heavy (non-hydrogen) atoms. The summed E-state index contributed by atoms with van der Waals surface area (Å²) in [6.45, 7) is 4.48. The summed E-state index contributed by atoms with van der Waals surface area (Å²) in [5.74, 6) is 0.202. The molecule has 1 N–H and O–H groups in total. The summed E-state index contributed by atoms with van der Waals surface area (Å²) < 4.78 is 1.93. The maximum Gasteiger partial charge on any atom is 0.189 e. The molecule has 2 rings (SSSR count). The van der Waals surface area contributed by atoms with Crippen LogP contribution in [0.5, 0.6) is 0 Å². The third kappa shape index (κ3) is 2.39. The Hall–Kier alpha value is -1.61. The molecule has 1 unspecified atom stereocenters. The van der Waals surface area contributed by atoms with Gasteiger partial charge in [-0.05, 0) is 18.1 Å². The molecule has 0 radical (unpaired) electrons. The van der Waals surface area contributed by atoms with Crippen LogP contribution in [0.25, 0.3) is 10.9 Å². The standard InChI is InChI=1S/C14H17NO2/c1-10(2)14(17)9-15-8-7-13(16)11-5-3-4-6-12(11)15/h3-8,10,14,17H,9H2,1-2H3. The molecule has 3 heteroatoms. The van der Waals surface area contributed by atoms with E-state index in [-0.39, 0.29) is 11.3 Å². The number of nitrogens with zero attached hydrogens (tertiary/aromatic N) is 1. The van der Waals surface area contributed by atoms with Crippen molar-refractivity contribution in [1.82, 2.24) is 4.57 Å². The number of aliphatic hydroxyl groups excluding tert-OH is 1. The highest BCUT2D eigenvalue weighted by atomic mass is 16.3. The van der Waals surface area contributed by atoms with Gasteiger partial charge in [-0.1, -0.05) is 26.0 Å². The van der Waals surface area contributed by atoms with Crippen molar-refractivity contribution in [1.29, 1.82) is 0 Å². The molecule has 0 saturated heterocycles. The predicted octanol–water partition coefficient (Wildman–Crippen LogP) is 2.02. The van der Waals surface area contributed by atoms with Crippen LogP contribution < -0.4 is 5.43 Å². The molecule has 1 aromatic heterocycles. The van der Waals surface area contributed by atoms with Crippen molar-refractivity contribution in [3.05, 3.63) is 46.8 Å². The Morgan fingerprint density at radius 2 is 1.94 bits per heavy atom. The lowest BCUT2D eigenvalue weighted by Gasteiger charge is -2.18. The second-order valence-electron chi connectivity index (χ2n) is 4.66. The van der Waals surface area contributed by atoms with Crippen LogP contribution >= 0.6 is 0 Å². The molecule has 0 spiro atoms. The predicted molar refractivity (Wildman–Crippen MR) is 69.1 cm³/mol. The first-order valence-corrected chi connectivity index (χ1v) is 5.86. The molecular weight excluding hydrogens is 214 g/mol. The van der Waals surface area contributed by atoms with Crippen LogP contribution in [0.3, 0.4) is 0 Å². The van der Waals surface area contributed by atoms with E-state index in [4.69, 9.17) is 0 Å². The third-order valence-corrected chi connectivity index (χ3v) is 3.04. The molecule has 0 bridgehead atoms. The Bertz CT molecular complexity index is 572. The van der Waals surface area contributed by atoms with Crippen LogP contribution in [-0.4, -0.2) is 15.8 Å². The highest BCUT2D eigenvalue weighted by Gasteiger charge is 2.11. The summed E-state index contributed by atoms with van der Waals surface area (Å²) in [5, 5.41) is 10.6. The van der Waals surface area contributed by atoms with E-state index in [2.05, 4.69) is 0 Å². The fourth-order valence-corrected chi connectivity index (χ4v) is 1.83. The maximum absolute atomic E-state index is 11.7. The van der Waals surface area contributed by atoms with Gasteiger partial charge in [0.2, 0.25) is 0 Å². The Balaban J connectivity index is 2.48. The highest BCUT2D eigenvalue weighted by molar-refractivity contribution is 5.78. The van der Waals surface area contributed by atoms with Crippen molar-refractivity contribution in [2.75, 3.05) is 0 Å². The van der Waals surface area contributed by atoms with E-state index in [1.54, 1.807) is 12.3 Å². The minimum Gasteiger partial charge on any atom is -0.391 e. The van der Waals surface area contributed by atoms with Crippen LogP contribution in [0, 0.1) is 5.92 Å². The van der Waals surface area contributed by atoms with Crippen LogP contribution in [0.1, 0.15) is 13.8 Å². The first-order valence-electron chi connectivity index (χ1n) is 5.86. The largest absolute Gasteiger partial charge is 0.391 e. The minimum absolute atomic E-state index is 0.0240. The van der Waals surface area contributed by atoms with Gasteiger partial charge in [0.15, 0.2) is 5.43 Å². The van der Waals surface area contributed by atoms with Crippen molar-refractivity contribution >= 4 is 10.9 Å². The van der Waals surface area contributed by atoms with Crippen LogP contribution in [-0.2, 0) is 6.54 Å². The number of aromatic nitrogens is 1. The van der Waals surface area contributed by atoms with Gasteiger partial charge in [0.05, 0.1) is 11.6 Å². The van der Waals surface area contributed by atoms with E-state index in [0.717, 1.165) is 5.52 Å². The molecule has 1 heterocycles. The lowest BCUT2D eigenvalue weighted by molar-refractivity contribution is 0.108. The van der Waals surface area contributed by atoms with Crippen molar-refractivity contribution in [2.24, 2.45) is 5.92 Å². The van der Waals surface area contributed by atoms with E-state index < -0.39 is 6.10 Å². The van der Waals surface area contributed by atoms with Crippen molar-refractivity contribution in [2.45, 2.75) is 26.5 Å². The van der Waals surface area contributed by atoms with E-state index in [0.29, 0.717) is 11.9 Å². The van der Waals surface area contributed by atoms with Gasteiger partial charge >= 0.3 is 0 Å². The molecule has 0 aliphatic rings. The lowest BCUT2D eigenvalue weighted by atomic mass is 10.1. The zero-order valence-corrected chi connectivity index (χ0v) is 10.1. The highest BCUT2D eigenvalue weighted by Crippen LogP contribution is 2.12. The van der Waals surface area contributed by atoms with E-state index in [1.165, 1.54) is 0 Å². The van der Waals surface area contributed by atoms with Gasteiger partial charge in [-0.2, -0.15) is 0 Å². The Labute approximate surface area is 100 Å². The normalized spacial score (nSPS) is 13.2. The summed E-state index contributed by atoms with van der Waals surface area (Å²) in [4.78, 5) is 11.7. The lowest BCUT2D eigenvalue weighted by Crippen LogP contribution is -2.22. The SMILES string of the molecule is CC(C)C(O)Cn1ccc(=O)c2ccccc21. The fourth-order valence-electron chi connectivity index (χ4n) is 1.83.